The SMILES string of the molecule is CSCC(C)C(=O)NC(C)CCCO. The molecule has 0 aliphatic rings. The topological polar surface area (TPSA) is 49.3 Å². The molecule has 0 heterocycles. The molecule has 0 rings (SSSR count). The molecule has 0 aliphatic carbocycles. The first-order valence-electron chi connectivity index (χ1n) is 5.02. The van der Waals surface area contributed by atoms with E-state index in [2.05, 4.69) is 5.32 Å². The first-order valence-corrected chi connectivity index (χ1v) is 6.41. The molecule has 0 aliphatic heterocycles. The molecule has 0 saturated carbocycles. The van der Waals surface area contributed by atoms with Gasteiger partial charge in [-0.2, -0.15) is 11.8 Å². The lowest BCUT2D eigenvalue weighted by Gasteiger charge is -2.16. The minimum absolute atomic E-state index is 0.0709. The van der Waals surface area contributed by atoms with E-state index in [1.54, 1.807) is 11.8 Å². The van der Waals surface area contributed by atoms with E-state index < -0.39 is 0 Å². The summed E-state index contributed by atoms with van der Waals surface area (Å²) in [4.78, 5) is 11.5. The van der Waals surface area contributed by atoms with Crippen molar-refractivity contribution in [3.63, 3.8) is 0 Å². The molecule has 2 unspecified atom stereocenters. The highest BCUT2D eigenvalue weighted by Crippen LogP contribution is 2.05. The number of carbonyl (C=O) groups is 1. The van der Waals surface area contributed by atoms with Crippen LogP contribution in [0.5, 0.6) is 0 Å². The van der Waals surface area contributed by atoms with Crippen molar-refractivity contribution in [2.24, 2.45) is 5.92 Å². The predicted octanol–water partition coefficient (Wildman–Crippen LogP) is 1.26. The molecule has 0 spiro atoms. The Hall–Kier alpha value is -0.220. The van der Waals surface area contributed by atoms with Crippen LogP contribution in [0.4, 0.5) is 0 Å². The molecule has 0 aromatic rings. The second-order valence-corrected chi connectivity index (χ2v) is 4.54. The molecule has 2 N–H and O–H groups in total. The van der Waals surface area contributed by atoms with Crippen molar-refractivity contribution < 1.29 is 9.90 Å². The normalized spacial score (nSPS) is 14.9. The number of rotatable bonds is 7. The summed E-state index contributed by atoms with van der Waals surface area (Å²) in [7, 11) is 0. The average molecular weight is 219 g/mol. The van der Waals surface area contributed by atoms with E-state index in [9.17, 15) is 4.79 Å². The smallest absolute Gasteiger partial charge is 0.223 e. The Balaban J connectivity index is 3.69. The summed E-state index contributed by atoms with van der Waals surface area (Å²) >= 11 is 1.68. The van der Waals surface area contributed by atoms with Gasteiger partial charge in [-0.25, -0.2) is 0 Å². The van der Waals surface area contributed by atoms with Crippen LogP contribution >= 0.6 is 11.8 Å². The van der Waals surface area contributed by atoms with Gasteiger partial charge in [0.2, 0.25) is 5.91 Å². The molecule has 0 radical (unpaired) electrons. The largest absolute Gasteiger partial charge is 0.396 e. The summed E-state index contributed by atoms with van der Waals surface area (Å²) in [5.41, 5.74) is 0. The zero-order valence-corrected chi connectivity index (χ0v) is 10.1. The van der Waals surface area contributed by atoms with Crippen molar-refractivity contribution in [3.8, 4) is 0 Å². The fraction of sp³-hybridized carbons (Fsp3) is 0.900. The Morgan fingerprint density at radius 1 is 1.50 bits per heavy atom. The van der Waals surface area contributed by atoms with Crippen molar-refractivity contribution in [3.05, 3.63) is 0 Å². The number of aliphatic hydroxyl groups excluding tert-OH is 1. The van der Waals surface area contributed by atoms with Crippen LogP contribution in [0.1, 0.15) is 26.7 Å². The standard InChI is InChI=1S/C10H21NO2S/c1-8(7-14-3)10(13)11-9(2)5-4-6-12/h8-9,12H,4-7H2,1-3H3,(H,11,13). The Morgan fingerprint density at radius 2 is 2.14 bits per heavy atom. The van der Waals surface area contributed by atoms with E-state index in [4.69, 9.17) is 5.11 Å². The maximum Gasteiger partial charge on any atom is 0.223 e. The first-order chi connectivity index (χ1) is 6.61. The maximum atomic E-state index is 11.5. The lowest BCUT2D eigenvalue weighted by molar-refractivity contribution is -0.124. The summed E-state index contributed by atoms with van der Waals surface area (Å²) in [6.07, 6.45) is 3.59. The van der Waals surface area contributed by atoms with Crippen LogP contribution in [-0.4, -0.2) is 35.7 Å². The van der Waals surface area contributed by atoms with Crippen molar-refractivity contribution in [1.82, 2.24) is 5.32 Å². The van der Waals surface area contributed by atoms with Gasteiger partial charge < -0.3 is 10.4 Å². The molecule has 84 valence electrons. The van der Waals surface area contributed by atoms with Crippen LogP contribution in [0.3, 0.4) is 0 Å². The van der Waals surface area contributed by atoms with E-state index in [0.29, 0.717) is 0 Å². The van der Waals surface area contributed by atoms with Gasteiger partial charge in [0.1, 0.15) is 0 Å². The van der Waals surface area contributed by atoms with Crippen LogP contribution in [0.15, 0.2) is 0 Å². The molecule has 0 aromatic heterocycles. The fourth-order valence-electron chi connectivity index (χ4n) is 1.18. The molecule has 1 amide bonds. The van der Waals surface area contributed by atoms with Crippen molar-refractivity contribution >= 4 is 17.7 Å². The minimum atomic E-state index is 0.0709. The molecule has 0 aromatic carbocycles. The van der Waals surface area contributed by atoms with Crippen molar-refractivity contribution in [2.45, 2.75) is 32.7 Å². The maximum absolute atomic E-state index is 11.5. The van der Waals surface area contributed by atoms with Crippen LogP contribution in [0.2, 0.25) is 0 Å². The molecule has 4 heteroatoms. The fourth-order valence-corrected chi connectivity index (χ4v) is 1.83. The van der Waals surface area contributed by atoms with E-state index in [-0.39, 0.29) is 24.5 Å². The van der Waals surface area contributed by atoms with Crippen LogP contribution in [-0.2, 0) is 4.79 Å². The van der Waals surface area contributed by atoms with Gasteiger partial charge in [0.05, 0.1) is 0 Å². The van der Waals surface area contributed by atoms with E-state index in [1.807, 2.05) is 20.1 Å². The second-order valence-electron chi connectivity index (χ2n) is 3.63. The Morgan fingerprint density at radius 3 is 2.64 bits per heavy atom. The van der Waals surface area contributed by atoms with Gasteiger partial charge in [-0.1, -0.05) is 6.92 Å². The molecule has 3 nitrogen and oxygen atoms in total. The van der Waals surface area contributed by atoms with Gasteiger partial charge in [0.25, 0.3) is 0 Å². The van der Waals surface area contributed by atoms with E-state index >= 15 is 0 Å². The number of nitrogens with one attached hydrogen (secondary N) is 1. The molecule has 0 fully saturated rings. The first kappa shape index (κ1) is 13.8. The Labute approximate surface area is 90.7 Å². The summed E-state index contributed by atoms with van der Waals surface area (Å²) < 4.78 is 0. The zero-order valence-electron chi connectivity index (χ0n) is 9.25. The number of thioether (sulfide) groups is 1. The molecule has 14 heavy (non-hydrogen) atoms. The van der Waals surface area contributed by atoms with Gasteiger partial charge in [0.15, 0.2) is 0 Å². The Kier molecular flexibility index (Phi) is 7.99. The summed E-state index contributed by atoms with van der Waals surface area (Å²) in [6.45, 7) is 4.10. The molecule has 0 bridgehead atoms. The highest BCUT2D eigenvalue weighted by Gasteiger charge is 2.13. The number of hydrogen-bond donors (Lipinski definition) is 2. The van der Waals surface area contributed by atoms with Crippen molar-refractivity contribution in [2.75, 3.05) is 18.6 Å². The van der Waals surface area contributed by atoms with Gasteiger partial charge >= 0.3 is 0 Å². The number of carbonyl (C=O) groups excluding carboxylic acids is 1. The summed E-state index contributed by atoms with van der Waals surface area (Å²) in [6, 6.07) is 0.166. The highest BCUT2D eigenvalue weighted by molar-refractivity contribution is 7.98. The van der Waals surface area contributed by atoms with E-state index in [0.717, 1.165) is 18.6 Å². The lowest BCUT2D eigenvalue weighted by Crippen LogP contribution is -2.37. The Bertz CT molecular complexity index is 164. The third-order valence-electron chi connectivity index (χ3n) is 2.05. The second kappa shape index (κ2) is 8.12. The van der Waals surface area contributed by atoms with Crippen molar-refractivity contribution in [1.29, 1.82) is 0 Å². The van der Waals surface area contributed by atoms with Crippen LogP contribution < -0.4 is 5.32 Å². The third-order valence-corrected chi connectivity index (χ3v) is 2.88. The van der Waals surface area contributed by atoms with Crippen LogP contribution in [0, 0.1) is 5.92 Å². The minimum Gasteiger partial charge on any atom is -0.396 e. The number of aliphatic hydroxyl groups is 1. The van der Waals surface area contributed by atoms with Crippen LogP contribution in [0.25, 0.3) is 0 Å². The monoisotopic (exact) mass is 219 g/mol. The quantitative estimate of drug-likeness (QED) is 0.678. The van der Waals surface area contributed by atoms with Gasteiger partial charge in [-0.3, -0.25) is 4.79 Å². The zero-order chi connectivity index (χ0) is 11.0. The predicted molar refractivity (Wildman–Crippen MR) is 61.5 cm³/mol. The van der Waals surface area contributed by atoms with Gasteiger partial charge in [0, 0.05) is 24.3 Å². The molecule has 2 atom stereocenters. The number of hydrogen-bond acceptors (Lipinski definition) is 3. The summed E-state index contributed by atoms with van der Waals surface area (Å²) in [5, 5.41) is 11.6. The number of amides is 1. The van der Waals surface area contributed by atoms with Gasteiger partial charge in [-0.05, 0) is 26.0 Å². The lowest BCUT2D eigenvalue weighted by atomic mass is 10.1. The molecule has 0 saturated heterocycles. The summed E-state index contributed by atoms with van der Waals surface area (Å²) in [5.74, 6) is 1.05. The molecular weight excluding hydrogens is 198 g/mol. The average Bonchev–Trinajstić information content (AvgIpc) is 2.15. The molecular formula is C10H21NO2S. The highest BCUT2D eigenvalue weighted by atomic mass is 32.2. The third kappa shape index (κ3) is 6.27. The van der Waals surface area contributed by atoms with Gasteiger partial charge in [-0.15, -0.1) is 0 Å². The van der Waals surface area contributed by atoms with E-state index in [1.165, 1.54) is 0 Å².